The maximum atomic E-state index is 5.47. The van der Waals surface area contributed by atoms with Gasteiger partial charge in [0.1, 0.15) is 0 Å². The molecule has 12 heavy (non-hydrogen) atoms. The monoisotopic (exact) mass is 170 g/mol. The minimum absolute atomic E-state index is 0.549. The summed E-state index contributed by atoms with van der Waals surface area (Å²) in [6.07, 6.45) is 3.88. The minimum Gasteiger partial charge on any atom is -0.381 e. The average molecular weight is 170 g/mol. The van der Waals surface area contributed by atoms with Gasteiger partial charge in [0.05, 0.1) is 6.61 Å². The summed E-state index contributed by atoms with van der Waals surface area (Å²) in [6, 6.07) is 0. The predicted molar refractivity (Wildman–Crippen MR) is 47.7 cm³/mol. The summed E-state index contributed by atoms with van der Waals surface area (Å²) in [5.41, 5.74) is 3.75. The van der Waals surface area contributed by atoms with Crippen molar-refractivity contribution in [2.75, 3.05) is 33.4 Å². The lowest BCUT2D eigenvalue weighted by Crippen LogP contribution is -2.45. The summed E-state index contributed by atoms with van der Waals surface area (Å²) in [6.45, 7) is 4.35. The van der Waals surface area contributed by atoms with E-state index in [-0.39, 0.29) is 0 Å². The molecule has 3 heteroatoms. The first-order chi connectivity index (χ1) is 5.85. The lowest BCUT2D eigenvalue weighted by atomic mass is 9.78. The van der Waals surface area contributed by atoms with E-state index >= 15 is 0 Å². The van der Waals surface area contributed by atoms with E-state index in [4.69, 9.17) is 4.74 Å². The van der Waals surface area contributed by atoms with Gasteiger partial charge in [0, 0.05) is 19.7 Å². The van der Waals surface area contributed by atoms with Crippen LogP contribution in [-0.4, -0.2) is 38.4 Å². The Kier molecular flexibility index (Phi) is 2.35. The molecular weight excluding hydrogens is 152 g/mol. The van der Waals surface area contributed by atoms with Crippen LogP contribution in [0.15, 0.2) is 0 Å². The van der Waals surface area contributed by atoms with Crippen LogP contribution in [0.4, 0.5) is 0 Å². The van der Waals surface area contributed by atoms with Crippen molar-refractivity contribution in [2.24, 2.45) is 5.41 Å². The molecular formula is C9H18N2O. The van der Waals surface area contributed by atoms with Crippen LogP contribution >= 0.6 is 0 Å². The molecule has 0 amide bonds. The zero-order chi connectivity index (χ0) is 8.44. The number of hydrazine groups is 1. The summed E-state index contributed by atoms with van der Waals surface area (Å²) in [5.74, 6) is 0. The van der Waals surface area contributed by atoms with Crippen LogP contribution in [0.1, 0.15) is 19.3 Å². The van der Waals surface area contributed by atoms with E-state index in [0.29, 0.717) is 5.41 Å². The van der Waals surface area contributed by atoms with Crippen molar-refractivity contribution in [2.45, 2.75) is 19.3 Å². The van der Waals surface area contributed by atoms with Gasteiger partial charge in [-0.3, -0.25) is 5.43 Å². The topological polar surface area (TPSA) is 24.5 Å². The van der Waals surface area contributed by atoms with Crippen molar-refractivity contribution >= 4 is 0 Å². The maximum absolute atomic E-state index is 5.47. The quantitative estimate of drug-likeness (QED) is 0.624. The van der Waals surface area contributed by atoms with Gasteiger partial charge in [-0.1, -0.05) is 0 Å². The number of rotatable bonds is 1. The molecule has 2 rings (SSSR count). The molecule has 1 N–H and O–H groups in total. The van der Waals surface area contributed by atoms with Gasteiger partial charge < -0.3 is 4.74 Å². The highest BCUT2D eigenvalue weighted by Crippen LogP contribution is 2.38. The zero-order valence-corrected chi connectivity index (χ0v) is 7.81. The molecule has 2 heterocycles. The van der Waals surface area contributed by atoms with Crippen molar-refractivity contribution in [3.05, 3.63) is 0 Å². The molecule has 1 spiro atoms. The summed E-state index contributed by atoms with van der Waals surface area (Å²) in [7, 11) is 2.00. The first-order valence-corrected chi connectivity index (χ1v) is 4.85. The fourth-order valence-corrected chi connectivity index (χ4v) is 2.25. The van der Waals surface area contributed by atoms with Gasteiger partial charge >= 0.3 is 0 Å². The molecule has 0 aromatic rings. The highest BCUT2D eigenvalue weighted by Gasteiger charge is 2.37. The lowest BCUT2D eigenvalue weighted by Gasteiger charge is -2.37. The van der Waals surface area contributed by atoms with E-state index in [1.807, 2.05) is 7.05 Å². The van der Waals surface area contributed by atoms with Gasteiger partial charge in [-0.15, -0.1) is 0 Å². The van der Waals surface area contributed by atoms with Gasteiger partial charge in [-0.2, -0.15) is 0 Å². The van der Waals surface area contributed by atoms with Gasteiger partial charge in [0.15, 0.2) is 0 Å². The van der Waals surface area contributed by atoms with Gasteiger partial charge in [0.25, 0.3) is 0 Å². The summed E-state index contributed by atoms with van der Waals surface area (Å²) in [4.78, 5) is 0. The number of nitrogens with one attached hydrogen (secondary N) is 1. The molecule has 0 aromatic carbocycles. The molecule has 2 fully saturated rings. The standard InChI is InChI=1S/C9H18N2O/c1-10-11-5-2-9(3-6-11)4-7-12-8-9/h10H,2-8H2,1H3. The predicted octanol–water partition coefficient (Wildman–Crippen LogP) is 0.623. The third-order valence-electron chi connectivity index (χ3n) is 3.33. The Balaban J connectivity index is 1.88. The third-order valence-corrected chi connectivity index (χ3v) is 3.33. The second-order valence-corrected chi connectivity index (χ2v) is 4.01. The number of piperidine rings is 1. The van der Waals surface area contributed by atoms with Crippen molar-refractivity contribution in [3.8, 4) is 0 Å². The Morgan fingerprint density at radius 1 is 1.25 bits per heavy atom. The van der Waals surface area contributed by atoms with Gasteiger partial charge in [-0.25, -0.2) is 5.01 Å². The van der Waals surface area contributed by atoms with E-state index in [2.05, 4.69) is 10.4 Å². The number of ether oxygens (including phenoxy) is 1. The summed E-state index contributed by atoms with van der Waals surface area (Å²) >= 11 is 0. The largest absolute Gasteiger partial charge is 0.381 e. The molecule has 0 atom stereocenters. The Morgan fingerprint density at radius 2 is 2.00 bits per heavy atom. The molecule has 2 aliphatic rings. The van der Waals surface area contributed by atoms with Gasteiger partial charge in [-0.05, 0) is 31.7 Å². The van der Waals surface area contributed by atoms with Crippen molar-refractivity contribution in [1.29, 1.82) is 0 Å². The SMILES string of the molecule is CNN1CCC2(CCOC2)CC1. The summed E-state index contributed by atoms with van der Waals surface area (Å²) in [5, 5.41) is 2.30. The highest BCUT2D eigenvalue weighted by atomic mass is 16.5. The average Bonchev–Trinajstić information content (AvgIpc) is 2.55. The zero-order valence-electron chi connectivity index (χ0n) is 7.81. The van der Waals surface area contributed by atoms with Crippen LogP contribution in [0.25, 0.3) is 0 Å². The van der Waals surface area contributed by atoms with E-state index in [1.165, 1.54) is 32.4 Å². The minimum atomic E-state index is 0.549. The van der Waals surface area contributed by atoms with Crippen LogP contribution in [0, 0.1) is 5.41 Å². The smallest absolute Gasteiger partial charge is 0.0524 e. The first kappa shape index (κ1) is 8.48. The molecule has 0 bridgehead atoms. The Labute approximate surface area is 74.0 Å². The first-order valence-electron chi connectivity index (χ1n) is 4.85. The van der Waals surface area contributed by atoms with E-state index in [1.54, 1.807) is 0 Å². The Bertz CT molecular complexity index is 145. The van der Waals surface area contributed by atoms with Crippen molar-refractivity contribution in [1.82, 2.24) is 10.4 Å². The number of hydrogen-bond donors (Lipinski definition) is 1. The van der Waals surface area contributed by atoms with E-state index < -0.39 is 0 Å². The van der Waals surface area contributed by atoms with Crippen molar-refractivity contribution < 1.29 is 4.74 Å². The normalized spacial score (nSPS) is 29.8. The number of nitrogens with zero attached hydrogens (tertiary/aromatic N) is 1. The van der Waals surface area contributed by atoms with Crippen LogP contribution < -0.4 is 5.43 Å². The summed E-state index contributed by atoms with van der Waals surface area (Å²) < 4.78 is 5.47. The maximum Gasteiger partial charge on any atom is 0.0524 e. The lowest BCUT2D eigenvalue weighted by molar-refractivity contribution is 0.0598. The third kappa shape index (κ3) is 1.49. The molecule has 2 saturated heterocycles. The van der Waals surface area contributed by atoms with E-state index in [0.717, 1.165) is 13.2 Å². The molecule has 0 unspecified atom stereocenters. The highest BCUT2D eigenvalue weighted by molar-refractivity contribution is 4.87. The Hall–Kier alpha value is -0.120. The fourth-order valence-electron chi connectivity index (χ4n) is 2.25. The van der Waals surface area contributed by atoms with Crippen LogP contribution in [0.5, 0.6) is 0 Å². The van der Waals surface area contributed by atoms with Crippen molar-refractivity contribution in [3.63, 3.8) is 0 Å². The number of hydrogen-bond acceptors (Lipinski definition) is 3. The van der Waals surface area contributed by atoms with Crippen LogP contribution in [0.3, 0.4) is 0 Å². The second kappa shape index (κ2) is 3.32. The van der Waals surface area contributed by atoms with Crippen LogP contribution in [0.2, 0.25) is 0 Å². The van der Waals surface area contributed by atoms with Crippen LogP contribution in [-0.2, 0) is 4.74 Å². The molecule has 0 saturated carbocycles. The molecule has 3 nitrogen and oxygen atoms in total. The Morgan fingerprint density at radius 3 is 2.50 bits per heavy atom. The second-order valence-electron chi connectivity index (χ2n) is 4.01. The molecule has 0 aromatic heterocycles. The van der Waals surface area contributed by atoms with Gasteiger partial charge in [0.2, 0.25) is 0 Å². The molecule has 0 radical (unpaired) electrons. The van der Waals surface area contributed by atoms with E-state index in [9.17, 15) is 0 Å². The molecule has 2 aliphatic heterocycles. The molecule has 0 aliphatic carbocycles. The fraction of sp³-hybridized carbons (Fsp3) is 1.00. The molecule has 70 valence electrons.